The number of ether oxygens (including phenoxy) is 2. The van der Waals surface area contributed by atoms with Gasteiger partial charge in [0, 0.05) is 31.6 Å². The molecule has 1 aromatic heterocycles. The molecule has 2 N–H and O–H groups in total. The number of hydrogen-bond donors (Lipinski definition) is 2. The highest BCUT2D eigenvalue weighted by molar-refractivity contribution is 7.47. The molecule has 1 heterocycles. The normalized spacial score (nSPS) is 17.5. The summed E-state index contributed by atoms with van der Waals surface area (Å²) < 4.78 is 40.6. The van der Waals surface area contributed by atoms with Crippen molar-refractivity contribution in [1.82, 2.24) is 0 Å². The molecule has 0 aliphatic heterocycles. The fourth-order valence-electron chi connectivity index (χ4n) is 7.42. The monoisotopic (exact) mass is 907 g/mol. The Labute approximate surface area is 380 Å². The second-order valence-electron chi connectivity index (χ2n) is 18.4. The number of carbonyl (C=O) groups is 3. The third-order valence-electron chi connectivity index (χ3n) is 11.6. The Morgan fingerprint density at radius 1 is 0.810 bits per heavy atom. The predicted molar refractivity (Wildman–Crippen MR) is 250 cm³/mol. The van der Waals surface area contributed by atoms with Gasteiger partial charge in [0.15, 0.2) is 11.9 Å². The molecular weight excluding hydrogens is 822 g/mol. The Morgan fingerprint density at radius 3 is 2.06 bits per heavy atom. The van der Waals surface area contributed by atoms with Crippen molar-refractivity contribution in [3.05, 3.63) is 59.1 Å². The number of nitrogens with zero attached hydrogens (tertiary/aromatic N) is 1. The SMILES string of the molecule is CCCCCc1oc(CCCCCCCCCCC(=O)OC[C@H](COP(=O)(O)OCC[N+](C)(C)C)OC(=O)CCC/C=C\C[C@H]2C=CC(=O)[C@@H]2/C=C/[C@@H](O)CCCCC)c(C)c1C. The average molecular weight is 907 g/mol. The number of quaternary nitrogens is 1. The zero-order chi connectivity index (χ0) is 46.5. The van der Waals surface area contributed by atoms with Crippen molar-refractivity contribution in [3.63, 3.8) is 0 Å². The van der Waals surface area contributed by atoms with Crippen LogP contribution in [0.15, 0.2) is 40.9 Å². The van der Waals surface area contributed by atoms with Crippen LogP contribution in [0.25, 0.3) is 0 Å². The van der Waals surface area contributed by atoms with Gasteiger partial charge in [-0.2, -0.15) is 0 Å². The van der Waals surface area contributed by atoms with Crippen LogP contribution in [-0.2, 0) is 50.3 Å². The van der Waals surface area contributed by atoms with Gasteiger partial charge in [0.25, 0.3) is 0 Å². The molecule has 0 fully saturated rings. The van der Waals surface area contributed by atoms with E-state index in [4.69, 9.17) is 22.9 Å². The molecule has 1 aromatic rings. The third kappa shape index (κ3) is 26.0. The molecule has 1 aliphatic carbocycles. The predicted octanol–water partition coefficient (Wildman–Crippen LogP) is 11.0. The molecule has 5 atom stereocenters. The number of hydrogen-bond acceptors (Lipinski definition) is 10. The van der Waals surface area contributed by atoms with Crippen molar-refractivity contribution in [1.29, 1.82) is 0 Å². The molecule has 0 aromatic carbocycles. The van der Waals surface area contributed by atoms with Gasteiger partial charge < -0.3 is 28.4 Å². The number of likely N-dealkylation sites (N-methyl/N-ethyl adjacent to an activating group) is 1. The quantitative estimate of drug-likeness (QED) is 0.0215. The van der Waals surface area contributed by atoms with Gasteiger partial charge in [-0.25, -0.2) is 4.57 Å². The van der Waals surface area contributed by atoms with Crippen molar-refractivity contribution in [3.8, 4) is 0 Å². The zero-order valence-corrected chi connectivity index (χ0v) is 41.0. The van der Waals surface area contributed by atoms with Crippen LogP contribution in [0.4, 0.5) is 0 Å². The maximum Gasteiger partial charge on any atom is 0.472 e. The fourth-order valence-corrected chi connectivity index (χ4v) is 8.16. The van der Waals surface area contributed by atoms with Crippen LogP contribution in [0.5, 0.6) is 0 Å². The summed E-state index contributed by atoms with van der Waals surface area (Å²) in [4.78, 5) is 48.2. The van der Waals surface area contributed by atoms with Crippen LogP contribution in [-0.4, -0.2) is 91.9 Å². The highest BCUT2D eigenvalue weighted by Gasteiger charge is 2.28. The van der Waals surface area contributed by atoms with E-state index in [1.165, 1.54) is 43.2 Å². The first-order valence-electron chi connectivity index (χ1n) is 24.1. The summed E-state index contributed by atoms with van der Waals surface area (Å²) in [6, 6.07) is 0. The van der Waals surface area contributed by atoms with E-state index in [1.54, 1.807) is 12.2 Å². The van der Waals surface area contributed by atoms with Crippen LogP contribution in [0.2, 0.25) is 0 Å². The largest absolute Gasteiger partial charge is 0.472 e. The van der Waals surface area contributed by atoms with E-state index in [0.29, 0.717) is 43.1 Å². The van der Waals surface area contributed by atoms with Gasteiger partial charge in [-0.1, -0.05) is 115 Å². The summed E-state index contributed by atoms with van der Waals surface area (Å²) in [5, 5.41) is 10.3. The maximum atomic E-state index is 12.8. The van der Waals surface area contributed by atoms with E-state index in [9.17, 15) is 28.9 Å². The molecular formula is C50H85NO11P+. The van der Waals surface area contributed by atoms with Crippen LogP contribution in [0.3, 0.4) is 0 Å². The summed E-state index contributed by atoms with van der Waals surface area (Å²) >= 11 is 0. The van der Waals surface area contributed by atoms with Gasteiger partial charge in [0.05, 0.1) is 33.9 Å². The lowest BCUT2D eigenvalue weighted by atomic mass is 9.90. The lowest BCUT2D eigenvalue weighted by Crippen LogP contribution is -2.37. The molecule has 0 bridgehead atoms. The summed E-state index contributed by atoms with van der Waals surface area (Å²) in [5.41, 5.74) is 2.64. The molecule has 1 aliphatic rings. The summed E-state index contributed by atoms with van der Waals surface area (Å²) in [6.07, 6.45) is 29.3. The van der Waals surface area contributed by atoms with E-state index in [1.807, 2.05) is 45.4 Å². The number of aryl methyl sites for hydroxylation is 2. The lowest BCUT2D eigenvalue weighted by Gasteiger charge is -2.24. The van der Waals surface area contributed by atoms with Crippen LogP contribution >= 0.6 is 7.82 Å². The number of phosphoric acid groups is 1. The maximum absolute atomic E-state index is 12.8. The molecule has 0 saturated heterocycles. The van der Waals surface area contributed by atoms with E-state index >= 15 is 0 Å². The molecule has 360 valence electrons. The van der Waals surface area contributed by atoms with E-state index < -0.39 is 38.6 Å². The second kappa shape index (κ2) is 31.9. The second-order valence-corrected chi connectivity index (χ2v) is 19.8. The highest BCUT2D eigenvalue weighted by atomic mass is 31.2. The minimum Gasteiger partial charge on any atom is -0.466 e. The summed E-state index contributed by atoms with van der Waals surface area (Å²) in [5.74, 6) is 1.11. The molecule has 0 amide bonds. The number of esters is 2. The molecule has 0 radical (unpaired) electrons. The first kappa shape index (κ1) is 56.3. The van der Waals surface area contributed by atoms with Crippen molar-refractivity contribution in [2.24, 2.45) is 11.8 Å². The van der Waals surface area contributed by atoms with Crippen LogP contribution < -0.4 is 0 Å². The van der Waals surface area contributed by atoms with Crippen LogP contribution in [0.1, 0.15) is 165 Å². The first-order chi connectivity index (χ1) is 30.0. The first-order valence-corrected chi connectivity index (χ1v) is 25.6. The van der Waals surface area contributed by atoms with E-state index in [-0.39, 0.29) is 43.7 Å². The Kier molecular flexibility index (Phi) is 28.5. The molecule has 12 nitrogen and oxygen atoms in total. The Hall–Kier alpha value is -2.86. The average Bonchev–Trinajstić information content (AvgIpc) is 3.71. The Balaban J connectivity index is 1.72. The van der Waals surface area contributed by atoms with Gasteiger partial charge in [0.2, 0.25) is 0 Å². The van der Waals surface area contributed by atoms with Crippen LogP contribution in [0, 0.1) is 25.7 Å². The van der Waals surface area contributed by atoms with Crippen molar-refractivity contribution in [2.75, 3.05) is 47.5 Å². The molecule has 0 saturated carbocycles. The standard InChI is InChI=1S/C50H84NO11P/c1-8-10-20-27-43(52)33-34-45-42(32-35-46(45)53)26-22-18-19-25-31-50(55)61-44(39-60-63(56,57)59-37-36-51(5,6)7)38-58-49(54)30-24-17-15-13-12-14-16-23-29-48-41(4)40(3)47(62-48)28-21-11-9-2/h18,22,32-35,42-45,52H,8-17,19-21,23-31,36-39H2,1-7H3/p+1/b22-18-,34-33+/t42-,43-,44+,45+/m0/s1. The molecule has 13 heteroatoms. The number of unbranched alkanes of at least 4 members (excludes halogenated alkanes) is 12. The third-order valence-corrected chi connectivity index (χ3v) is 12.6. The minimum absolute atomic E-state index is 0.0115. The van der Waals surface area contributed by atoms with Crippen molar-refractivity contribution < 1.29 is 56.4 Å². The molecule has 63 heavy (non-hydrogen) atoms. The highest BCUT2D eigenvalue weighted by Crippen LogP contribution is 2.43. The number of furan rings is 1. The van der Waals surface area contributed by atoms with Gasteiger partial charge in [-0.05, 0) is 81.9 Å². The number of phosphoric ester groups is 1. The molecule has 1 unspecified atom stereocenters. The smallest absolute Gasteiger partial charge is 0.466 e. The van der Waals surface area contributed by atoms with Crippen molar-refractivity contribution >= 4 is 25.5 Å². The molecule has 2 rings (SSSR count). The Morgan fingerprint density at radius 2 is 1.41 bits per heavy atom. The zero-order valence-electron chi connectivity index (χ0n) is 40.1. The number of ketones is 1. The molecule has 0 spiro atoms. The number of aliphatic hydroxyl groups is 1. The lowest BCUT2D eigenvalue weighted by molar-refractivity contribution is -0.870. The Bertz CT molecular complexity index is 1590. The van der Waals surface area contributed by atoms with Gasteiger partial charge in [-0.15, -0.1) is 0 Å². The van der Waals surface area contributed by atoms with Gasteiger partial charge >= 0.3 is 19.8 Å². The van der Waals surface area contributed by atoms with E-state index in [2.05, 4.69) is 27.7 Å². The summed E-state index contributed by atoms with van der Waals surface area (Å²) in [7, 11) is 1.33. The number of rotatable bonds is 37. The fraction of sp³-hybridized carbons (Fsp3) is 0.740. The minimum atomic E-state index is -4.45. The number of aliphatic hydroxyl groups excluding tert-OH is 1. The summed E-state index contributed by atoms with van der Waals surface area (Å²) in [6.45, 7) is 8.38. The number of carbonyl (C=O) groups excluding carboxylic acids is 3. The number of allylic oxidation sites excluding steroid dienone is 5. The van der Waals surface area contributed by atoms with Gasteiger partial charge in [-0.3, -0.25) is 23.4 Å². The van der Waals surface area contributed by atoms with Gasteiger partial charge in [0.1, 0.15) is 31.3 Å². The van der Waals surface area contributed by atoms with E-state index in [0.717, 1.165) is 75.7 Å². The topological polar surface area (TPSA) is 159 Å². The van der Waals surface area contributed by atoms with Crippen molar-refractivity contribution in [2.45, 2.75) is 181 Å².